The molecule has 0 fully saturated rings. The molecular formula is C12H27NO4. The van der Waals surface area contributed by atoms with Gasteiger partial charge in [0, 0.05) is 13.0 Å². The molecule has 0 aromatic carbocycles. The van der Waals surface area contributed by atoms with E-state index in [0.717, 1.165) is 19.3 Å². The van der Waals surface area contributed by atoms with E-state index in [0.29, 0.717) is 32.1 Å². The molecule has 0 atom stereocenters. The molecule has 0 bridgehead atoms. The van der Waals surface area contributed by atoms with Crippen LogP contribution in [0.15, 0.2) is 0 Å². The van der Waals surface area contributed by atoms with Crippen LogP contribution in [0.2, 0.25) is 0 Å². The van der Waals surface area contributed by atoms with Gasteiger partial charge in [0.05, 0.1) is 19.8 Å². The third kappa shape index (κ3) is 25.5. The number of unbranched alkanes of at least 4 members (excludes halogenated alkanes) is 1. The second-order valence-electron chi connectivity index (χ2n) is 4.16. The predicted molar refractivity (Wildman–Crippen MR) is 67.9 cm³/mol. The van der Waals surface area contributed by atoms with Gasteiger partial charge in [0.2, 0.25) is 0 Å². The summed E-state index contributed by atoms with van der Waals surface area (Å²) in [5.74, 6) is 0.0255. The molecule has 5 nitrogen and oxygen atoms in total. The lowest BCUT2D eigenvalue weighted by molar-refractivity contribution is -0.137. The summed E-state index contributed by atoms with van der Waals surface area (Å²) >= 11 is 0. The lowest BCUT2D eigenvalue weighted by Crippen LogP contribution is -2.10. The summed E-state index contributed by atoms with van der Waals surface area (Å²) in [5, 5.41) is 16.4. The van der Waals surface area contributed by atoms with Gasteiger partial charge in [-0.1, -0.05) is 26.7 Å². The number of carboxylic acids is 1. The normalized spacial score (nSPS) is 9.94. The van der Waals surface area contributed by atoms with Crippen molar-refractivity contribution in [3.63, 3.8) is 0 Å². The fourth-order valence-electron chi connectivity index (χ4n) is 1.08. The molecule has 4 N–H and O–H groups in total. The zero-order chi connectivity index (χ0) is 13.5. The van der Waals surface area contributed by atoms with E-state index < -0.39 is 5.97 Å². The third-order valence-electron chi connectivity index (χ3n) is 1.92. The van der Waals surface area contributed by atoms with Crippen molar-refractivity contribution in [2.75, 3.05) is 26.4 Å². The number of hydrogen-bond acceptors (Lipinski definition) is 4. The van der Waals surface area contributed by atoms with Crippen LogP contribution in [0.4, 0.5) is 0 Å². The van der Waals surface area contributed by atoms with Gasteiger partial charge in [0.15, 0.2) is 0 Å². The molecule has 5 heteroatoms. The van der Waals surface area contributed by atoms with Crippen LogP contribution >= 0.6 is 0 Å². The number of nitrogens with two attached hydrogens (primary N) is 1. The molecule has 0 aliphatic carbocycles. The SMILES string of the molecule is CC(C)CCCCC(=O)O.NCCOCCO. The lowest BCUT2D eigenvalue weighted by Gasteiger charge is -2.01. The van der Waals surface area contributed by atoms with Gasteiger partial charge in [-0.3, -0.25) is 4.79 Å². The topological polar surface area (TPSA) is 92.8 Å². The number of hydrogen-bond donors (Lipinski definition) is 3. The Morgan fingerprint density at radius 3 is 2.35 bits per heavy atom. The minimum absolute atomic E-state index is 0.0833. The maximum atomic E-state index is 10.0. The van der Waals surface area contributed by atoms with Crippen LogP contribution < -0.4 is 5.73 Å². The van der Waals surface area contributed by atoms with Crippen LogP contribution in [0.3, 0.4) is 0 Å². The molecule has 17 heavy (non-hydrogen) atoms. The van der Waals surface area contributed by atoms with Crippen molar-refractivity contribution in [3.05, 3.63) is 0 Å². The van der Waals surface area contributed by atoms with E-state index in [1.807, 2.05) is 0 Å². The average Bonchev–Trinajstić information content (AvgIpc) is 2.26. The second kappa shape index (κ2) is 15.4. The van der Waals surface area contributed by atoms with Gasteiger partial charge in [0.25, 0.3) is 0 Å². The molecular weight excluding hydrogens is 222 g/mol. The summed E-state index contributed by atoms with van der Waals surface area (Å²) in [5.41, 5.74) is 5.06. The van der Waals surface area contributed by atoms with Gasteiger partial charge >= 0.3 is 5.97 Å². The first-order chi connectivity index (χ1) is 8.04. The maximum Gasteiger partial charge on any atom is 0.303 e. The Hall–Kier alpha value is -0.650. The van der Waals surface area contributed by atoms with E-state index >= 15 is 0 Å². The van der Waals surface area contributed by atoms with Crippen molar-refractivity contribution in [1.82, 2.24) is 0 Å². The highest BCUT2D eigenvalue weighted by Crippen LogP contribution is 2.07. The number of carboxylic acid groups (broad SMARTS) is 1. The number of aliphatic hydroxyl groups is 1. The minimum Gasteiger partial charge on any atom is -0.481 e. The maximum absolute atomic E-state index is 10.0. The zero-order valence-corrected chi connectivity index (χ0v) is 11.0. The van der Waals surface area contributed by atoms with Crippen molar-refractivity contribution in [2.24, 2.45) is 11.7 Å². The zero-order valence-electron chi connectivity index (χ0n) is 11.0. The Kier molecular flexibility index (Phi) is 16.9. The van der Waals surface area contributed by atoms with Gasteiger partial charge in [-0.05, 0) is 12.3 Å². The number of aliphatic hydroxyl groups excluding tert-OH is 1. The van der Waals surface area contributed by atoms with Gasteiger partial charge in [-0.25, -0.2) is 0 Å². The van der Waals surface area contributed by atoms with Crippen molar-refractivity contribution in [3.8, 4) is 0 Å². The van der Waals surface area contributed by atoms with Gasteiger partial charge in [0.1, 0.15) is 0 Å². The van der Waals surface area contributed by atoms with Crippen LogP contribution in [0.5, 0.6) is 0 Å². The summed E-state index contributed by atoms with van der Waals surface area (Å²) in [6.07, 6.45) is 3.34. The fraction of sp³-hybridized carbons (Fsp3) is 0.917. The Morgan fingerprint density at radius 2 is 1.94 bits per heavy atom. The summed E-state index contributed by atoms with van der Waals surface area (Å²) in [4.78, 5) is 10.0. The third-order valence-corrected chi connectivity index (χ3v) is 1.92. The molecule has 0 heterocycles. The van der Waals surface area contributed by atoms with Gasteiger partial charge < -0.3 is 20.7 Å². The lowest BCUT2D eigenvalue weighted by atomic mass is 10.1. The molecule has 0 rings (SSSR count). The first-order valence-corrected chi connectivity index (χ1v) is 6.15. The van der Waals surface area contributed by atoms with Crippen LogP contribution in [-0.4, -0.2) is 42.5 Å². The van der Waals surface area contributed by atoms with Crippen LogP contribution in [-0.2, 0) is 9.53 Å². The molecule has 0 aromatic rings. The van der Waals surface area contributed by atoms with E-state index in [-0.39, 0.29) is 6.61 Å². The van der Waals surface area contributed by atoms with E-state index in [1.54, 1.807) is 0 Å². The molecule has 0 aliphatic rings. The largest absolute Gasteiger partial charge is 0.481 e. The quantitative estimate of drug-likeness (QED) is 0.535. The monoisotopic (exact) mass is 249 g/mol. The summed E-state index contributed by atoms with van der Waals surface area (Å²) in [6, 6.07) is 0. The highest BCUT2D eigenvalue weighted by molar-refractivity contribution is 5.66. The molecule has 0 radical (unpaired) electrons. The van der Waals surface area contributed by atoms with E-state index in [4.69, 9.17) is 20.7 Å². The van der Waals surface area contributed by atoms with Crippen molar-refractivity contribution in [1.29, 1.82) is 0 Å². The summed E-state index contributed by atoms with van der Waals surface area (Å²) in [7, 11) is 0. The Morgan fingerprint density at radius 1 is 1.29 bits per heavy atom. The van der Waals surface area contributed by atoms with Crippen molar-refractivity contribution >= 4 is 5.97 Å². The molecule has 0 saturated heterocycles. The standard InChI is InChI=1S/C8H16O2.C4H11NO2/c1-7(2)5-3-4-6-8(9)10;5-1-3-7-4-2-6/h7H,3-6H2,1-2H3,(H,9,10);6H,1-5H2. The Balaban J connectivity index is 0. The summed E-state index contributed by atoms with van der Waals surface area (Å²) < 4.78 is 4.76. The Labute approximate surface area is 104 Å². The highest BCUT2D eigenvalue weighted by atomic mass is 16.5. The van der Waals surface area contributed by atoms with Gasteiger partial charge in [-0.2, -0.15) is 0 Å². The first kappa shape index (κ1) is 18.7. The number of carbonyl (C=O) groups is 1. The highest BCUT2D eigenvalue weighted by Gasteiger charge is 1.97. The molecule has 0 aliphatic heterocycles. The van der Waals surface area contributed by atoms with E-state index in [1.165, 1.54) is 0 Å². The smallest absolute Gasteiger partial charge is 0.303 e. The first-order valence-electron chi connectivity index (χ1n) is 6.15. The van der Waals surface area contributed by atoms with Gasteiger partial charge in [-0.15, -0.1) is 0 Å². The molecule has 0 unspecified atom stereocenters. The number of ether oxygens (including phenoxy) is 1. The molecule has 104 valence electrons. The van der Waals surface area contributed by atoms with Crippen molar-refractivity contribution < 1.29 is 19.7 Å². The van der Waals surface area contributed by atoms with Crippen LogP contribution in [0, 0.1) is 5.92 Å². The van der Waals surface area contributed by atoms with Crippen LogP contribution in [0.1, 0.15) is 39.5 Å². The van der Waals surface area contributed by atoms with E-state index in [2.05, 4.69) is 13.8 Å². The average molecular weight is 249 g/mol. The molecule has 0 saturated carbocycles. The summed E-state index contributed by atoms with van der Waals surface area (Å²) in [6.45, 7) is 5.86. The number of rotatable bonds is 9. The van der Waals surface area contributed by atoms with Crippen molar-refractivity contribution in [2.45, 2.75) is 39.5 Å². The minimum atomic E-state index is -0.677. The Bertz CT molecular complexity index is 159. The molecule has 0 aromatic heterocycles. The predicted octanol–water partition coefficient (Wildman–Crippen LogP) is 1.24. The molecule has 0 spiro atoms. The van der Waals surface area contributed by atoms with E-state index in [9.17, 15) is 4.79 Å². The second-order valence-corrected chi connectivity index (χ2v) is 4.16. The fourth-order valence-corrected chi connectivity index (χ4v) is 1.08. The molecule has 0 amide bonds. The van der Waals surface area contributed by atoms with Crippen LogP contribution in [0.25, 0.3) is 0 Å². The number of aliphatic carboxylic acids is 1.